The van der Waals surface area contributed by atoms with Crippen LogP contribution in [-0.4, -0.2) is 34.9 Å². The number of hydrogen-bond donors (Lipinski definition) is 0. The average molecular weight is 416 g/mol. The summed E-state index contributed by atoms with van der Waals surface area (Å²) in [7, 11) is 0. The molecule has 0 unspecified atom stereocenters. The van der Waals surface area contributed by atoms with Crippen LogP contribution in [0.15, 0.2) is 42.9 Å². The predicted molar refractivity (Wildman–Crippen MR) is 116 cm³/mol. The number of ether oxygens (including phenoxy) is 1. The molecule has 31 heavy (non-hydrogen) atoms. The first-order chi connectivity index (χ1) is 15.3. The minimum absolute atomic E-state index is 0.299. The molecule has 0 aliphatic heterocycles. The van der Waals surface area contributed by atoms with Crippen LogP contribution in [0.25, 0.3) is 22.3 Å². The summed E-state index contributed by atoms with van der Waals surface area (Å²) >= 11 is 0. The quantitative estimate of drug-likeness (QED) is 0.463. The minimum Gasteiger partial charge on any atom is -0.468 e. The fourth-order valence-electron chi connectivity index (χ4n) is 4.24. The molecule has 0 spiro atoms. The van der Waals surface area contributed by atoms with Gasteiger partial charge in [0.2, 0.25) is 5.88 Å². The molecule has 1 aromatic carbocycles. The topological polar surface area (TPSA) is 91.5 Å². The van der Waals surface area contributed by atoms with Crippen molar-refractivity contribution in [1.82, 2.24) is 34.9 Å². The van der Waals surface area contributed by atoms with Crippen LogP contribution in [0.4, 0.5) is 0 Å². The Bertz CT molecular complexity index is 1170. The molecule has 158 valence electrons. The van der Waals surface area contributed by atoms with Crippen LogP contribution in [0.1, 0.15) is 56.5 Å². The van der Waals surface area contributed by atoms with E-state index in [2.05, 4.69) is 20.3 Å². The van der Waals surface area contributed by atoms with E-state index in [9.17, 15) is 0 Å². The summed E-state index contributed by atoms with van der Waals surface area (Å²) in [6.07, 6.45) is 9.14. The number of aryl methyl sites for hydroxylation is 1. The van der Waals surface area contributed by atoms with Crippen molar-refractivity contribution in [3.63, 3.8) is 0 Å². The number of nitrogens with zero attached hydrogens (tertiary/aromatic N) is 7. The highest BCUT2D eigenvalue weighted by molar-refractivity contribution is 5.88. The SMILES string of the molecule is CCn1ncnc1COc1nc2c(-c3ccccc3)nncc2nc1C1CCCCC1. The Morgan fingerprint density at radius 3 is 2.71 bits per heavy atom. The molecule has 1 aliphatic rings. The summed E-state index contributed by atoms with van der Waals surface area (Å²) in [6, 6.07) is 9.95. The number of benzene rings is 1. The van der Waals surface area contributed by atoms with Gasteiger partial charge in [-0.3, -0.25) is 0 Å². The van der Waals surface area contributed by atoms with Crippen LogP contribution >= 0.6 is 0 Å². The largest absolute Gasteiger partial charge is 0.468 e. The summed E-state index contributed by atoms with van der Waals surface area (Å²) in [5, 5.41) is 12.8. The van der Waals surface area contributed by atoms with Gasteiger partial charge in [-0.25, -0.2) is 19.6 Å². The second kappa shape index (κ2) is 8.75. The highest BCUT2D eigenvalue weighted by atomic mass is 16.5. The maximum atomic E-state index is 6.23. The van der Waals surface area contributed by atoms with Crippen molar-refractivity contribution < 1.29 is 4.74 Å². The van der Waals surface area contributed by atoms with E-state index < -0.39 is 0 Å². The molecule has 0 radical (unpaired) electrons. The third kappa shape index (κ3) is 3.97. The van der Waals surface area contributed by atoms with E-state index in [4.69, 9.17) is 14.7 Å². The van der Waals surface area contributed by atoms with E-state index in [1.807, 2.05) is 41.9 Å². The van der Waals surface area contributed by atoms with Crippen LogP contribution in [0, 0.1) is 0 Å². The Labute approximate surface area is 180 Å². The van der Waals surface area contributed by atoms with Crippen molar-refractivity contribution in [1.29, 1.82) is 0 Å². The normalized spacial score (nSPS) is 14.7. The van der Waals surface area contributed by atoms with Crippen LogP contribution in [0.5, 0.6) is 5.88 Å². The van der Waals surface area contributed by atoms with Crippen molar-refractivity contribution in [2.45, 2.75) is 58.1 Å². The van der Waals surface area contributed by atoms with E-state index >= 15 is 0 Å². The standard InChI is InChI=1S/C23H25N7O/c1-2-30-19(24-15-26-30)14-31-23-21(17-11-7-4-8-12-17)27-18-13-25-29-20(22(18)28-23)16-9-5-3-6-10-16/h3,5-6,9-10,13,15,17H,2,4,7-8,11-12,14H2,1H3. The predicted octanol–water partition coefficient (Wildman–Crippen LogP) is 4.32. The second-order valence-electron chi connectivity index (χ2n) is 7.82. The molecule has 4 aromatic rings. The second-order valence-corrected chi connectivity index (χ2v) is 7.82. The van der Waals surface area contributed by atoms with E-state index in [1.165, 1.54) is 19.3 Å². The van der Waals surface area contributed by atoms with Gasteiger partial charge in [0.05, 0.1) is 6.20 Å². The highest BCUT2D eigenvalue weighted by Crippen LogP contribution is 2.37. The van der Waals surface area contributed by atoms with Gasteiger partial charge >= 0.3 is 0 Å². The fraction of sp³-hybridized carbons (Fsp3) is 0.391. The summed E-state index contributed by atoms with van der Waals surface area (Å²) in [4.78, 5) is 14.3. The first-order valence-corrected chi connectivity index (χ1v) is 10.9. The summed E-state index contributed by atoms with van der Waals surface area (Å²) in [5.74, 6) is 1.68. The van der Waals surface area contributed by atoms with E-state index in [1.54, 1.807) is 12.5 Å². The van der Waals surface area contributed by atoms with Gasteiger partial charge in [0.1, 0.15) is 35.4 Å². The zero-order valence-electron chi connectivity index (χ0n) is 17.6. The molecule has 1 saturated carbocycles. The van der Waals surface area contributed by atoms with E-state index in [0.717, 1.165) is 42.0 Å². The number of rotatable bonds is 6. The number of aromatic nitrogens is 7. The molecular formula is C23H25N7O. The molecular weight excluding hydrogens is 390 g/mol. The minimum atomic E-state index is 0.299. The number of hydrogen-bond acceptors (Lipinski definition) is 7. The molecule has 0 amide bonds. The van der Waals surface area contributed by atoms with Gasteiger partial charge < -0.3 is 4.74 Å². The van der Waals surface area contributed by atoms with Crippen LogP contribution in [0.3, 0.4) is 0 Å². The Balaban J connectivity index is 1.59. The summed E-state index contributed by atoms with van der Waals surface area (Å²) in [6.45, 7) is 3.07. The first-order valence-electron chi connectivity index (χ1n) is 10.9. The lowest BCUT2D eigenvalue weighted by Crippen LogP contribution is -2.13. The Hall–Kier alpha value is -3.42. The third-order valence-corrected chi connectivity index (χ3v) is 5.85. The van der Waals surface area contributed by atoms with Crippen LogP contribution < -0.4 is 4.74 Å². The smallest absolute Gasteiger partial charge is 0.237 e. The van der Waals surface area contributed by atoms with E-state index in [0.29, 0.717) is 29.6 Å². The van der Waals surface area contributed by atoms with Crippen molar-refractivity contribution >= 4 is 11.0 Å². The maximum absolute atomic E-state index is 6.23. The Kier molecular flexibility index (Phi) is 5.52. The third-order valence-electron chi connectivity index (χ3n) is 5.85. The van der Waals surface area contributed by atoms with Crippen molar-refractivity contribution in [3.05, 3.63) is 54.4 Å². The molecule has 0 N–H and O–H groups in total. The lowest BCUT2D eigenvalue weighted by atomic mass is 9.87. The first kappa shape index (κ1) is 19.5. The molecule has 0 saturated heterocycles. The molecule has 0 bridgehead atoms. The Morgan fingerprint density at radius 2 is 1.90 bits per heavy atom. The van der Waals surface area contributed by atoms with Crippen molar-refractivity contribution in [3.8, 4) is 17.1 Å². The van der Waals surface area contributed by atoms with Crippen molar-refractivity contribution in [2.24, 2.45) is 0 Å². The zero-order chi connectivity index (χ0) is 21.0. The van der Waals surface area contributed by atoms with E-state index in [-0.39, 0.29) is 0 Å². The number of fused-ring (bicyclic) bond motifs is 1. The molecule has 8 heteroatoms. The zero-order valence-corrected chi connectivity index (χ0v) is 17.6. The van der Waals surface area contributed by atoms with Gasteiger partial charge in [0.15, 0.2) is 5.82 Å². The average Bonchev–Trinajstić information content (AvgIpc) is 3.30. The molecule has 1 aliphatic carbocycles. The molecule has 5 rings (SSSR count). The van der Waals surface area contributed by atoms with Crippen molar-refractivity contribution in [2.75, 3.05) is 0 Å². The van der Waals surface area contributed by atoms with Crippen LogP contribution in [-0.2, 0) is 13.2 Å². The molecule has 3 aromatic heterocycles. The van der Waals surface area contributed by atoms with Gasteiger partial charge in [-0.2, -0.15) is 10.2 Å². The van der Waals surface area contributed by atoms with Gasteiger partial charge in [-0.1, -0.05) is 49.6 Å². The molecule has 8 nitrogen and oxygen atoms in total. The van der Waals surface area contributed by atoms with Gasteiger partial charge in [0.25, 0.3) is 0 Å². The van der Waals surface area contributed by atoms with Gasteiger partial charge in [0, 0.05) is 18.0 Å². The van der Waals surface area contributed by atoms with Crippen LogP contribution in [0.2, 0.25) is 0 Å². The fourth-order valence-corrected chi connectivity index (χ4v) is 4.24. The maximum Gasteiger partial charge on any atom is 0.237 e. The Morgan fingerprint density at radius 1 is 1.06 bits per heavy atom. The molecule has 1 fully saturated rings. The lowest BCUT2D eigenvalue weighted by Gasteiger charge is -2.23. The lowest BCUT2D eigenvalue weighted by molar-refractivity contribution is 0.267. The van der Waals surface area contributed by atoms with Gasteiger partial charge in [-0.15, -0.1) is 5.10 Å². The molecule has 3 heterocycles. The highest BCUT2D eigenvalue weighted by Gasteiger charge is 2.24. The monoisotopic (exact) mass is 415 g/mol. The molecule has 0 atom stereocenters. The summed E-state index contributed by atoms with van der Waals surface area (Å²) < 4.78 is 8.06. The summed E-state index contributed by atoms with van der Waals surface area (Å²) in [5.41, 5.74) is 4.03. The van der Waals surface area contributed by atoms with Gasteiger partial charge in [-0.05, 0) is 19.8 Å².